The molecule has 92 valence electrons. The zero-order valence-electron chi connectivity index (χ0n) is 10.4. The Labute approximate surface area is 102 Å². The normalized spacial score (nSPS) is 15.4. The summed E-state index contributed by atoms with van der Waals surface area (Å²) in [7, 11) is 0. The van der Waals surface area contributed by atoms with Crippen LogP contribution in [0.25, 0.3) is 0 Å². The second kappa shape index (κ2) is 6.36. The highest BCUT2D eigenvalue weighted by Gasteiger charge is 2.23. The van der Waals surface area contributed by atoms with Crippen LogP contribution in [0.1, 0.15) is 30.5 Å². The van der Waals surface area contributed by atoms with Crippen molar-refractivity contribution < 1.29 is 4.39 Å². The van der Waals surface area contributed by atoms with Crippen molar-refractivity contribution in [3.05, 3.63) is 21.9 Å². The number of aryl methyl sites for hydroxylation is 1. The first kappa shape index (κ1) is 13.7. The van der Waals surface area contributed by atoms with Gasteiger partial charge in [0.2, 0.25) is 0 Å². The Hall–Kier alpha value is -0.410. The fourth-order valence-electron chi connectivity index (χ4n) is 1.90. The molecule has 0 aliphatic carbocycles. The maximum Gasteiger partial charge on any atom is 0.109 e. The lowest BCUT2D eigenvalue weighted by atomic mass is 9.89. The number of thiophene rings is 1. The van der Waals surface area contributed by atoms with Crippen molar-refractivity contribution in [3.8, 4) is 0 Å². The first-order valence-corrected chi connectivity index (χ1v) is 6.81. The van der Waals surface area contributed by atoms with E-state index in [0.29, 0.717) is 18.9 Å². The first-order chi connectivity index (χ1) is 7.58. The van der Waals surface area contributed by atoms with Crippen LogP contribution in [0.5, 0.6) is 0 Å². The number of hydrogen-bond donors (Lipinski definition) is 1. The van der Waals surface area contributed by atoms with Crippen LogP contribution >= 0.6 is 11.3 Å². The monoisotopic (exact) mass is 243 g/mol. The van der Waals surface area contributed by atoms with E-state index in [4.69, 9.17) is 5.73 Å². The van der Waals surface area contributed by atoms with E-state index in [0.717, 1.165) is 11.3 Å². The number of nitrogens with two attached hydrogens (primary N) is 1. The summed E-state index contributed by atoms with van der Waals surface area (Å²) >= 11 is 1.72. The van der Waals surface area contributed by atoms with Crippen LogP contribution in [0.15, 0.2) is 12.1 Å². The zero-order chi connectivity index (χ0) is 12.1. The molecule has 16 heavy (non-hydrogen) atoms. The van der Waals surface area contributed by atoms with Crippen molar-refractivity contribution in [2.75, 3.05) is 6.54 Å². The van der Waals surface area contributed by atoms with Gasteiger partial charge in [-0.2, -0.15) is 0 Å². The smallest absolute Gasteiger partial charge is 0.109 e. The van der Waals surface area contributed by atoms with Gasteiger partial charge in [-0.1, -0.05) is 20.8 Å². The predicted molar refractivity (Wildman–Crippen MR) is 69.7 cm³/mol. The van der Waals surface area contributed by atoms with E-state index >= 15 is 0 Å². The minimum atomic E-state index is -0.812. The molecular weight excluding hydrogens is 221 g/mol. The average molecular weight is 243 g/mol. The molecule has 2 unspecified atom stereocenters. The summed E-state index contributed by atoms with van der Waals surface area (Å²) in [6.45, 7) is 6.64. The molecule has 0 spiro atoms. The molecule has 0 aliphatic heterocycles. The van der Waals surface area contributed by atoms with Gasteiger partial charge in [-0.3, -0.25) is 0 Å². The molecule has 0 fully saturated rings. The predicted octanol–water partition coefficient (Wildman–Crippen LogP) is 3.42. The second-order valence-electron chi connectivity index (χ2n) is 4.59. The van der Waals surface area contributed by atoms with Crippen molar-refractivity contribution >= 4 is 11.3 Å². The van der Waals surface area contributed by atoms with Crippen LogP contribution in [-0.2, 0) is 12.8 Å². The lowest BCUT2D eigenvalue weighted by Gasteiger charge is -2.22. The summed E-state index contributed by atoms with van der Waals surface area (Å²) in [4.78, 5) is 2.47. The minimum Gasteiger partial charge on any atom is -0.330 e. The van der Waals surface area contributed by atoms with Crippen molar-refractivity contribution in [3.63, 3.8) is 0 Å². The Balaban J connectivity index is 2.58. The van der Waals surface area contributed by atoms with E-state index in [1.54, 1.807) is 11.3 Å². The van der Waals surface area contributed by atoms with Crippen LogP contribution in [-0.4, -0.2) is 12.7 Å². The molecule has 2 atom stereocenters. The Kier molecular flexibility index (Phi) is 5.42. The van der Waals surface area contributed by atoms with Crippen LogP contribution in [0.4, 0.5) is 4.39 Å². The molecule has 3 heteroatoms. The number of alkyl halides is 1. The largest absolute Gasteiger partial charge is 0.330 e. The molecule has 1 aromatic heterocycles. The van der Waals surface area contributed by atoms with Crippen LogP contribution in [0.2, 0.25) is 0 Å². The molecule has 0 bridgehead atoms. The zero-order valence-corrected chi connectivity index (χ0v) is 11.2. The molecule has 0 aliphatic rings. The van der Waals surface area contributed by atoms with Gasteiger partial charge in [0.05, 0.1) is 0 Å². The van der Waals surface area contributed by atoms with Crippen molar-refractivity contribution in [2.45, 2.75) is 39.8 Å². The van der Waals surface area contributed by atoms with Crippen LogP contribution < -0.4 is 5.73 Å². The van der Waals surface area contributed by atoms with Gasteiger partial charge < -0.3 is 5.73 Å². The fourth-order valence-corrected chi connectivity index (χ4v) is 2.90. The third-order valence-corrected chi connectivity index (χ3v) is 4.31. The molecule has 2 N–H and O–H groups in total. The highest BCUT2D eigenvalue weighted by Crippen LogP contribution is 2.24. The summed E-state index contributed by atoms with van der Waals surface area (Å²) in [5.74, 6) is 0.290. The molecule has 1 nitrogen and oxygen atoms in total. The summed E-state index contributed by atoms with van der Waals surface area (Å²) in [5, 5.41) is 0. The van der Waals surface area contributed by atoms with E-state index in [1.165, 1.54) is 4.88 Å². The minimum absolute atomic E-state index is 0.0211. The highest BCUT2D eigenvalue weighted by atomic mass is 32.1. The van der Waals surface area contributed by atoms with Gasteiger partial charge in [0.25, 0.3) is 0 Å². The van der Waals surface area contributed by atoms with E-state index in [1.807, 2.05) is 19.9 Å². The van der Waals surface area contributed by atoms with Gasteiger partial charge in [0, 0.05) is 22.1 Å². The molecule has 1 rings (SSSR count). The van der Waals surface area contributed by atoms with E-state index in [2.05, 4.69) is 13.0 Å². The van der Waals surface area contributed by atoms with E-state index < -0.39 is 6.17 Å². The highest BCUT2D eigenvalue weighted by molar-refractivity contribution is 7.11. The topological polar surface area (TPSA) is 26.0 Å². The summed E-state index contributed by atoms with van der Waals surface area (Å²) < 4.78 is 14.0. The lowest BCUT2D eigenvalue weighted by Crippen LogP contribution is -2.30. The quantitative estimate of drug-likeness (QED) is 0.814. The molecule has 1 aromatic rings. The fraction of sp³-hybridized carbons (Fsp3) is 0.692. The molecule has 0 saturated heterocycles. The number of rotatable bonds is 6. The first-order valence-electron chi connectivity index (χ1n) is 6.00. The average Bonchev–Trinajstić information content (AvgIpc) is 2.65. The van der Waals surface area contributed by atoms with Gasteiger partial charge >= 0.3 is 0 Å². The Bertz CT molecular complexity index is 309. The summed E-state index contributed by atoms with van der Waals surface area (Å²) in [6, 6.07) is 4.14. The molecular formula is C13H22FNS. The molecule has 0 saturated carbocycles. The number of halogens is 1. The van der Waals surface area contributed by atoms with Gasteiger partial charge in [-0.05, 0) is 31.0 Å². The van der Waals surface area contributed by atoms with Gasteiger partial charge in [-0.15, -0.1) is 11.3 Å². The van der Waals surface area contributed by atoms with Crippen molar-refractivity contribution in [2.24, 2.45) is 17.6 Å². The van der Waals surface area contributed by atoms with E-state index in [-0.39, 0.29) is 5.92 Å². The SMILES string of the molecule is CCc1ccc(CC(F)C(CN)C(C)C)s1. The summed E-state index contributed by atoms with van der Waals surface area (Å²) in [5.41, 5.74) is 5.62. The van der Waals surface area contributed by atoms with Gasteiger partial charge in [-0.25, -0.2) is 4.39 Å². The number of hydrogen-bond acceptors (Lipinski definition) is 2. The third-order valence-electron chi connectivity index (χ3n) is 3.06. The Morgan fingerprint density at radius 2 is 1.94 bits per heavy atom. The van der Waals surface area contributed by atoms with Gasteiger partial charge in [0.1, 0.15) is 6.17 Å². The van der Waals surface area contributed by atoms with Crippen molar-refractivity contribution in [1.82, 2.24) is 0 Å². The Morgan fingerprint density at radius 3 is 2.38 bits per heavy atom. The lowest BCUT2D eigenvalue weighted by molar-refractivity contribution is 0.186. The maximum atomic E-state index is 14.0. The molecule has 0 aromatic carbocycles. The van der Waals surface area contributed by atoms with E-state index in [9.17, 15) is 4.39 Å². The third kappa shape index (κ3) is 3.56. The van der Waals surface area contributed by atoms with Crippen LogP contribution in [0.3, 0.4) is 0 Å². The molecule has 1 heterocycles. The van der Waals surface area contributed by atoms with Gasteiger partial charge in [0.15, 0.2) is 0 Å². The molecule has 0 radical (unpaired) electrons. The van der Waals surface area contributed by atoms with Crippen molar-refractivity contribution in [1.29, 1.82) is 0 Å². The summed E-state index contributed by atoms with van der Waals surface area (Å²) in [6.07, 6.45) is 0.741. The Morgan fingerprint density at radius 1 is 1.31 bits per heavy atom. The molecule has 0 amide bonds. The second-order valence-corrected chi connectivity index (χ2v) is 5.84. The maximum absolute atomic E-state index is 14.0. The van der Waals surface area contributed by atoms with Crippen LogP contribution in [0, 0.1) is 11.8 Å². The standard InChI is InChI=1S/C13H22FNS/c1-4-10-5-6-11(16-10)7-13(14)12(8-15)9(2)3/h5-6,9,12-13H,4,7-8,15H2,1-3H3.